The minimum Gasteiger partial charge on any atom is -0.378 e. The van der Waals surface area contributed by atoms with Crippen LogP contribution in [0, 0.1) is 5.41 Å². The summed E-state index contributed by atoms with van der Waals surface area (Å²) in [4.78, 5) is 14.7. The minimum atomic E-state index is -0.804. The number of carbonyl (C=O) groups excluding carboxylic acids is 1. The Labute approximate surface area is 129 Å². The predicted molar refractivity (Wildman–Crippen MR) is 86.1 cm³/mol. The molecule has 0 heterocycles. The molecule has 2 unspecified atom stereocenters. The van der Waals surface area contributed by atoms with Gasteiger partial charge in [0.25, 0.3) is 0 Å². The van der Waals surface area contributed by atoms with Gasteiger partial charge in [-0.3, -0.25) is 4.79 Å². The molecule has 1 rings (SSSR count). The summed E-state index contributed by atoms with van der Waals surface area (Å²) in [5.74, 6) is -0.0389. The molecule has 0 radical (unpaired) electrons. The normalized spacial score (nSPS) is 27.5. The van der Waals surface area contributed by atoms with E-state index in [2.05, 4.69) is 24.1 Å². The second-order valence-corrected chi connectivity index (χ2v) is 6.48. The van der Waals surface area contributed by atoms with Crippen molar-refractivity contribution in [3.63, 3.8) is 0 Å². The number of carbonyl (C=O) groups is 1. The van der Waals surface area contributed by atoms with E-state index >= 15 is 0 Å². The maximum atomic E-state index is 12.4. The fourth-order valence-corrected chi connectivity index (χ4v) is 3.02. The number of nitrogens with two attached hydrogens (primary N) is 1. The van der Waals surface area contributed by atoms with Crippen molar-refractivity contribution in [1.29, 1.82) is 0 Å². The van der Waals surface area contributed by atoms with Gasteiger partial charge >= 0.3 is 0 Å². The first-order valence-corrected chi connectivity index (χ1v) is 8.24. The molecular weight excluding hydrogens is 266 g/mol. The van der Waals surface area contributed by atoms with Gasteiger partial charge in [-0.2, -0.15) is 0 Å². The number of hydrogen-bond acceptors (Lipinski definition) is 4. The second-order valence-electron chi connectivity index (χ2n) is 6.48. The first kappa shape index (κ1) is 18.4. The average Bonchev–Trinajstić information content (AvgIpc) is 2.46. The van der Waals surface area contributed by atoms with Crippen LogP contribution in [-0.2, 0) is 9.53 Å². The van der Waals surface area contributed by atoms with E-state index in [1.807, 2.05) is 20.8 Å². The Morgan fingerprint density at radius 2 is 1.95 bits per heavy atom. The molecule has 0 spiro atoms. The van der Waals surface area contributed by atoms with Crippen LogP contribution in [0.4, 0.5) is 0 Å². The van der Waals surface area contributed by atoms with Crippen molar-refractivity contribution in [1.82, 2.24) is 10.2 Å². The summed E-state index contributed by atoms with van der Waals surface area (Å²) >= 11 is 0. The lowest BCUT2D eigenvalue weighted by Gasteiger charge is -2.57. The molecule has 0 aromatic heterocycles. The summed E-state index contributed by atoms with van der Waals surface area (Å²) in [5.41, 5.74) is 5.22. The molecule has 0 bridgehead atoms. The number of nitrogens with zero attached hydrogens (tertiary/aromatic N) is 1. The van der Waals surface area contributed by atoms with Crippen LogP contribution in [-0.4, -0.2) is 55.2 Å². The van der Waals surface area contributed by atoms with Crippen molar-refractivity contribution in [3.8, 4) is 0 Å². The van der Waals surface area contributed by atoms with Crippen molar-refractivity contribution < 1.29 is 9.53 Å². The quantitative estimate of drug-likeness (QED) is 0.631. The minimum absolute atomic E-state index is 0.0389. The van der Waals surface area contributed by atoms with E-state index in [4.69, 9.17) is 10.5 Å². The van der Waals surface area contributed by atoms with Gasteiger partial charge in [0.05, 0.1) is 6.10 Å². The molecule has 124 valence electrons. The zero-order valence-electron chi connectivity index (χ0n) is 14.4. The van der Waals surface area contributed by atoms with Crippen LogP contribution in [0.2, 0.25) is 0 Å². The molecular formula is C16H33N3O2. The third kappa shape index (κ3) is 3.76. The van der Waals surface area contributed by atoms with Crippen LogP contribution in [0.5, 0.6) is 0 Å². The molecule has 1 saturated carbocycles. The summed E-state index contributed by atoms with van der Waals surface area (Å²) in [7, 11) is 0. The highest BCUT2D eigenvalue weighted by molar-refractivity contribution is 5.88. The van der Waals surface area contributed by atoms with Crippen LogP contribution < -0.4 is 11.1 Å². The highest BCUT2D eigenvalue weighted by atomic mass is 16.5. The highest BCUT2D eigenvalue weighted by Crippen LogP contribution is 2.49. The van der Waals surface area contributed by atoms with E-state index in [0.717, 1.165) is 26.1 Å². The molecule has 0 aromatic carbocycles. The molecule has 1 amide bonds. The van der Waals surface area contributed by atoms with Crippen molar-refractivity contribution in [3.05, 3.63) is 0 Å². The largest absolute Gasteiger partial charge is 0.378 e. The molecule has 3 N–H and O–H groups in total. The third-order valence-electron chi connectivity index (χ3n) is 5.07. The lowest BCUT2D eigenvalue weighted by molar-refractivity contribution is -0.170. The second kappa shape index (κ2) is 7.56. The van der Waals surface area contributed by atoms with Gasteiger partial charge in [0, 0.05) is 25.0 Å². The smallest absolute Gasteiger partial charge is 0.240 e. The van der Waals surface area contributed by atoms with E-state index in [0.29, 0.717) is 19.6 Å². The zero-order chi connectivity index (χ0) is 16.1. The number of amides is 1. The summed E-state index contributed by atoms with van der Waals surface area (Å²) in [6.07, 6.45) is 1.64. The topological polar surface area (TPSA) is 67.6 Å². The van der Waals surface area contributed by atoms with Crippen molar-refractivity contribution in [2.75, 3.05) is 32.8 Å². The number of ether oxygens (including phenoxy) is 1. The van der Waals surface area contributed by atoms with Gasteiger partial charge in [-0.1, -0.05) is 27.7 Å². The molecule has 1 fully saturated rings. The Bertz CT molecular complexity index is 342. The van der Waals surface area contributed by atoms with E-state index in [1.54, 1.807) is 0 Å². The van der Waals surface area contributed by atoms with Gasteiger partial charge in [0.2, 0.25) is 5.91 Å². The predicted octanol–water partition coefficient (Wildman–Crippen LogP) is 1.37. The van der Waals surface area contributed by atoms with Crippen molar-refractivity contribution in [2.24, 2.45) is 11.1 Å². The van der Waals surface area contributed by atoms with Gasteiger partial charge in [0.1, 0.15) is 5.54 Å². The van der Waals surface area contributed by atoms with E-state index < -0.39 is 5.54 Å². The van der Waals surface area contributed by atoms with Crippen LogP contribution in [0.1, 0.15) is 47.5 Å². The van der Waals surface area contributed by atoms with Gasteiger partial charge in [0.15, 0.2) is 0 Å². The fraction of sp³-hybridized carbons (Fsp3) is 0.938. The molecule has 5 nitrogen and oxygen atoms in total. The zero-order valence-corrected chi connectivity index (χ0v) is 14.4. The molecule has 0 aliphatic heterocycles. The lowest BCUT2D eigenvalue weighted by atomic mass is 9.54. The Morgan fingerprint density at radius 1 is 1.33 bits per heavy atom. The molecule has 21 heavy (non-hydrogen) atoms. The molecule has 1 aliphatic rings. The summed E-state index contributed by atoms with van der Waals surface area (Å²) in [6, 6.07) is 0. The van der Waals surface area contributed by atoms with Gasteiger partial charge in [-0.25, -0.2) is 0 Å². The first-order valence-electron chi connectivity index (χ1n) is 8.24. The molecule has 0 aromatic rings. The van der Waals surface area contributed by atoms with E-state index in [-0.39, 0.29) is 17.4 Å². The van der Waals surface area contributed by atoms with Crippen molar-refractivity contribution >= 4 is 5.91 Å². The SMILES string of the molecule is CCOC1CC(N)(C(=O)NCCCN(CC)CC)C1(C)C. The highest BCUT2D eigenvalue weighted by Gasteiger charge is 2.62. The Balaban J connectivity index is 2.39. The summed E-state index contributed by atoms with van der Waals surface area (Å²) in [5, 5.41) is 3.00. The molecule has 1 aliphatic carbocycles. The van der Waals surface area contributed by atoms with Gasteiger partial charge in [-0.05, 0) is 33.0 Å². The fourth-order valence-electron chi connectivity index (χ4n) is 3.02. The Kier molecular flexibility index (Phi) is 6.63. The molecule has 2 atom stereocenters. The number of rotatable bonds is 9. The molecule has 5 heteroatoms. The maximum Gasteiger partial charge on any atom is 0.240 e. The van der Waals surface area contributed by atoms with Crippen LogP contribution in [0.15, 0.2) is 0 Å². The third-order valence-corrected chi connectivity index (χ3v) is 5.07. The lowest BCUT2D eigenvalue weighted by Crippen LogP contribution is -2.75. The molecule has 0 saturated heterocycles. The monoisotopic (exact) mass is 299 g/mol. The van der Waals surface area contributed by atoms with Gasteiger partial charge in [-0.15, -0.1) is 0 Å². The first-order chi connectivity index (χ1) is 9.83. The van der Waals surface area contributed by atoms with Crippen molar-refractivity contribution in [2.45, 2.75) is 59.1 Å². The van der Waals surface area contributed by atoms with E-state index in [1.165, 1.54) is 0 Å². The average molecular weight is 299 g/mol. The standard InChI is InChI=1S/C16H33N3O2/c1-6-19(7-2)11-9-10-18-14(20)16(17)12-13(21-8-3)15(16,4)5/h13H,6-12,17H2,1-5H3,(H,18,20). The number of nitrogens with one attached hydrogen (secondary N) is 1. The number of hydrogen-bond donors (Lipinski definition) is 2. The van der Waals surface area contributed by atoms with Crippen LogP contribution in [0.3, 0.4) is 0 Å². The van der Waals surface area contributed by atoms with Crippen LogP contribution >= 0.6 is 0 Å². The van der Waals surface area contributed by atoms with E-state index in [9.17, 15) is 4.79 Å². The van der Waals surface area contributed by atoms with Gasteiger partial charge < -0.3 is 20.7 Å². The summed E-state index contributed by atoms with van der Waals surface area (Å²) < 4.78 is 5.66. The summed E-state index contributed by atoms with van der Waals surface area (Å²) in [6.45, 7) is 14.8. The Hall–Kier alpha value is -0.650. The van der Waals surface area contributed by atoms with Crippen LogP contribution in [0.25, 0.3) is 0 Å². The maximum absolute atomic E-state index is 12.4. The Morgan fingerprint density at radius 3 is 2.43 bits per heavy atom.